The number of aromatic amines is 1. The fraction of sp³-hybridized carbons (Fsp3) is 0.250. The third kappa shape index (κ3) is 3.31. The predicted molar refractivity (Wildman–Crippen MR) is 66.0 cm³/mol. The molecule has 0 spiro atoms. The van der Waals surface area contributed by atoms with Gasteiger partial charge in [-0.3, -0.25) is 9.89 Å². The highest BCUT2D eigenvalue weighted by atomic mass is 16.5. The SMILES string of the molecule is CC(=O)NCCOc1ccc(-c2c[nH]nn2)cc1. The molecular weight excluding hydrogens is 232 g/mol. The largest absolute Gasteiger partial charge is 0.492 e. The molecule has 0 saturated heterocycles. The molecule has 1 aromatic heterocycles. The van der Waals surface area contributed by atoms with Gasteiger partial charge in [-0.1, -0.05) is 5.21 Å². The number of carbonyl (C=O) groups is 1. The zero-order valence-corrected chi connectivity index (χ0v) is 10.0. The number of nitrogens with zero attached hydrogens (tertiary/aromatic N) is 2. The summed E-state index contributed by atoms with van der Waals surface area (Å²) in [7, 11) is 0. The van der Waals surface area contributed by atoms with Gasteiger partial charge in [0.2, 0.25) is 5.91 Å². The van der Waals surface area contributed by atoms with Crippen LogP contribution in [0.15, 0.2) is 30.5 Å². The number of carbonyl (C=O) groups excluding carboxylic acids is 1. The summed E-state index contributed by atoms with van der Waals surface area (Å²) < 4.78 is 5.47. The Bertz CT molecular complexity index is 493. The van der Waals surface area contributed by atoms with Crippen LogP contribution in [0.4, 0.5) is 0 Å². The lowest BCUT2D eigenvalue weighted by Gasteiger charge is -2.06. The van der Waals surface area contributed by atoms with Gasteiger partial charge in [0.1, 0.15) is 18.1 Å². The lowest BCUT2D eigenvalue weighted by atomic mass is 10.2. The van der Waals surface area contributed by atoms with Gasteiger partial charge in [0, 0.05) is 18.7 Å². The molecule has 0 saturated carbocycles. The minimum Gasteiger partial charge on any atom is -0.492 e. The first kappa shape index (κ1) is 12.1. The summed E-state index contributed by atoms with van der Waals surface area (Å²) >= 11 is 0. The molecule has 0 radical (unpaired) electrons. The van der Waals surface area contributed by atoms with Gasteiger partial charge in [-0.2, -0.15) is 0 Å². The molecule has 0 bridgehead atoms. The Balaban J connectivity index is 1.86. The van der Waals surface area contributed by atoms with Gasteiger partial charge in [-0.15, -0.1) is 5.10 Å². The van der Waals surface area contributed by atoms with E-state index in [0.717, 1.165) is 17.0 Å². The number of benzene rings is 1. The van der Waals surface area contributed by atoms with Gasteiger partial charge in [-0.25, -0.2) is 0 Å². The van der Waals surface area contributed by atoms with E-state index < -0.39 is 0 Å². The normalized spacial score (nSPS) is 10.1. The molecule has 0 atom stereocenters. The number of hydrogen-bond acceptors (Lipinski definition) is 4. The van der Waals surface area contributed by atoms with E-state index >= 15 is 0 Å². The molecule has 0 unspecified atom stereocenters. The number of rotatable bonds is 5. The van der Waals surface area contributed by atoms with E-state index in [1.54, 1.807) is 6.20 Å². The van der Waals surface area contributed by atoms with Gasteiger partial charge in [0.25, 0.3) is 0 Å². The predicted octanol–water partition coefficient (Wildman–Crippen LogP) is 0.987. The number of H-pyrrole nitrogens is 1. The van der Waals surface area contributed by atoms with E-state index in [1.165, 1.54) is 6.92 Å². The first-order valence-electron chi connectivity index (χ1n) is 5.60. The molecule has 1 heterocycles. The molecule has 2 rings (SSSR count). The van der Waals surface area contributed by atoms with Crippen molar-refractivity contribution in [3.8, 4) is 17.0 Å². The van der Waals surface area contributed by atoms with Gasteiger partial charge < -0.3 is 10.1 Å². The number of aromatic nitrogens is 3. The number of hydrogen-bond donors (Lipinski definition) is 2. The van der Waals surface area contributed by atoms with E-state index in [9.17, 15) is 4.79 Å². The topological polar surface area (TPSA) is 79.9 Å². The highest BCUT2D eigenvalue weighted by Crippen LogP contribution is 2.19. The van der Waals surface area contributed by atoms with Crippen molar-refractivity contribution in [2.75, 3.05) is 13.2 Å². The Morgan fingerprint density at radius 2 is 2.17 bits per heavy atom. The summed E-state index contributed by atoms with van der Waals surface area (Å²) in [5, 5.41) is 12.9. The second-order valence-electron chi connectivity index (χ2n) is 3.71. The van der Waals surface area contributed by atoms with E-state index in [4.69, 9.17) is 4.74 Å². The molecule has 0 fully saturated rings. The van der Waals surface area contributed by atoms with Gasteiger partial charge in [0.15, 0.2) is 0 Å². The first-order valence-corrected chi connectivity index (χ1v) is 5.60. The van der Waals surface area contributed by atoms with Crippen LogP contribution in [0, 0.1) is 0 Å². The molecule has 1 amide bonds. The smallest absolute Gasteiger partial charge is 0.216 e. The number of nitrogens with one attached hydrogen (secondary N) is 2. The maximum absolute atomic E-state index is 10.6. The Morgan fingerprint density at radius 3 is 2.78 bits per heavy atom. The molecule has 6 nitrogen and oxygen atoms in total. The first-order chi connectivity index (χ1) is 8.75. The molecule has 6 heteroatoms. The van der Waals surface area contributed by atoms with Crippen molar-refractivity contribution in [3.63, 3.8) is 0 Å². The van der Waals surface area contributed by atoms with E-state index in [0.29, 0.717) is 13.2 Å². The second-order valence-corrected chi connectivity index (χ2v) is 3.71. The fourth-order valence-corrected chi connectivity index (χ4v) is 1.46. The molecule has 94 valence electrons. The highest BCUT2D eigenvalue weighted by molar-refractivity contribution is 5.72. The monoisotopic (exact) mass is 246 g/mol. The Morgan fingerprint density at radius 1 is 1.39 bits per heavy atom. The quantitative estimate of drug-likeness (QED) is 0.771. The minimum atomic E-state index is -0.0556. The van der Waals surface area contributed by atoms with Crippen LogP contribution in [0.3, 0.4) is 0 Å². The number of amides is 1. The van der Waals surface area contributed by atoms with Crippen LogP contribution in [-0.2, 0) is 4.79 Å². The third-order valence-corrected chi connectivity index (χ3v) is 2.31. The summed E-state index contributed by atoms with van der Waals surface area (Å²) in [6, 6.07) is 7.53. The molecule has 0 aliphatic heterocycles. The highest BCUT2D eigenvalue weighted by Gasteiger charge is 2.01. The van der Waals surface area contributed by atoms with E-state index in [2.05, 4.69) is 20.7 Å². The van der Waals surface area contributed by atoms with Crippen LogP contribution >= 0.6 is 0 Å². The van der Waals surface area contributed by atoms with Gasteiger partial charge in [-0.05, 0) is 24.3 Å². The zero-order chi connectivity index (χ0) is 12.8. The summed E-state index contributed by atoms with van der Waals surface area (Å²) in [5.74, 6) is 0.701. The number of ether oxygens (including phenoxy) is 1. The van der Waals surface area contributed by atoms with Crippen LogP contribution in [0.5, 0.6) is 5.75 Å². The Labute approximate surface area is 104 Å². The average Bonchev–Trinajstić information content (AvgIpc) is 2.89. The Kier molecular flexibility index (Phi) is 3.90. The van der Waals surface area contributed by atoms with Crippen molar-refractivity contribution < 1.29 is 9.53 Å². The Hall–Kier alpha value is -2.37. The molecule has 0 aliphatic rings. The van der Waals surface area contributed by atoms with Crippen LogP contribution < -0.4 is 10.1 Å². The summed E-state index contributed by atoms with van der Waals surface area (Å²) in [6.45, 7) is 2.43. The lowest BCUT2D eigenvalue weighted by Crippen LogP contribution is -2.25. The molecule has 2 aromatic rings. The average molecular weight is 246 g/mol. The summed E-state index contributed by atoms with van der Waals surface area (Å²) in [4.78, 5) is 10.6. The fourth-order valence-electron chi connectivity index (χ4n) is 1.46. The van der Waals surface area contributed by atoms with Crippen molar-refractivity contribution in [3.05, 3.63) is 30.5 Å². The minimum absolute atomic E-state index is 0.0556. The van der Waals surface area contributed by atoms with Crippen LogP contribution in [0.1, 0.15) is 6.92 Å². The molecule has 18 heavy (non-hydrogen) atoms. The van der Waals surface area contributed by atoms with E-state index in [-0.39, 0.29) is 5.91 Å². The van der Waals surface area contributed by atoms with Crippen molar-refractivity contribution in [1.82, 2.24) is 20.7 Å². The maximum Gasteiger partial charge on any atom is 0.216 e. The third-order valence-electron chi connectivity index (χ3n) is 2.31. The molecule has 2 N–H and O–H groups in total. The maximum atomic E-state index is 10.6. The molecule has 0 aliphatic carbocycles. The van der Waals surface area contributed by atoms with Crippen molar-refractivity contribution in [2.24, 2.45) is 0 Å². The zero-order valence-electron chi connectivity index (χ0n) is 10.0. The van der Waals surface area contributed by atoms with Crippen LogP contribution in [0.2, 0.25) is 0 Å². The van der Waals surface area contributed by atoms with Crippen LogP contribution in [0.25, 0.3) is 11.3 Å². The van der Waals surface area contributed by atoms with Crippen molar-refractivity contribution >= 4 is 5.91 Å². The van der Waals surface area contributed by atoms with Crippen molar-refractivity contribution in [1.29, 1.82) is 0 Å². The second kappa shape index (κ2) is 5.81. The van der Waals surface area contributed by atoms with Gasteiger partial charge in [0.05, 0.1) is 6.54 Å². The molecular formula is C12H14N4O2. The molecule has 1 aromatic carbocycles. The van der Waals surface area contributed by atoms with E-state index in [1.807, 2.05) is 24.3 Å². The summed E-state index contributed by atoms with van der Waals surface area (Å²) in [5.41, 5.74) is 1.76. The lowest BCUT2D eigenvalue weighted by molar-refractivity contribution is -0.119. The summed E-state index contributed by atoms with van der Waals surface area (Å²) in [6.07, 6.45) is 1.73. The van der Waals surface area contributed by atoms with Crippen LogP contribution in [-0.4, -0.2) is 34.5 Å². The standard InChI is InChI=1S/C12H14N4O2/c1-9(17)13-6-7-18-11-4-2-10(3-5-11)12-8-14-16-15-12/h2-5,8H,6-7H2,1H3,(H,13,17)(H,14,15,16). The van der Waals surface area contributed by atoms with Gasteiger partial charge >= 0.3 is 0 Å². The van der Waals surface area contributed by atoms with Crippen molar-refractivity contribution in [2.45, 2.75) is 6.92 Å².